The number of hydrogen-bond acceptors (Lipinski definition) is 7. The number of nitrogen functional groups attached to an aromatic ring is 1. The van der Waals surface area contributed by atoms with Gasteiger partial charge < -0.3 is 11.1 Å². The quantitative estimate of drug-likeness (QED) is 0.310. The molecule has 10 heteroatoms. The number of aryl methyl sites for hydroxylation is 1. The van der Waals surface area contributed by atoms with Gasteiger partial charge in [0, 0.05) is 49.5 Å². The van der Waals surface area contributed by atoms with Crippen molar-refractivity contribution in [2.45, 2.75) is 37.8 Å². The largest absolute Gasteiger partial charge is 0.383 e. The van der Waals surface area contributed by atoms with Crippen LogP contribution in [0.2, 0.25) is 0 Å². The number of nitrogens with two attached hydrogens (primary N) is 1. The molecule has 3 N–H and O–H groups in total. The molecule has 41 heavy (non-hydrogen) atoms. The minimum absolute atomic E-state index is 0.0899. The summed E-state index contributed by atoms with van der Waals surface area (Å²) in [5.41, 5.74) is 12.3. The molecule has 1 aliphatic carbocycles. The second-order valence-corrected chi connectivity index (χ2v) is 10.6. The summed E-state index contributed by atoms with van der Waals surface area (Å²) in [5, 5.41) is 7.42. The number of nitrogens with zero attached hydrogens (tertiary/aromatic N) is 7. The van der Waals surface area contributed by atoms with Crippen LogP contribution in [-0.2, 0) is 11.2 Å². The number of imidazole rings is 1. The number of rotatable bonds is 6. The summed E-state index contributed by atoms with van der Waals surface area (Å²) in [4.78, 5) is 28.6. The Kier molecular flexibility index (Phi) is 6.31. The average molecular weight is 546 g/mol. The first-order valence-corrected chi connectivity index (χ1v) is 14.0. The molecule has 0 spiro atoms. The van der Waals surface area contributed by atoms with Crippen LogP contribution >= 0.6 is 0 Å². The zero-order chi connectivity index (χ0) is 27.9. The van der Waals surface area contributed by atoms with Gasteiger partial charge in [-0.1, -0.05) is 12.6 Å². The van der Waals surface area contributed by atoms with Crippen LogP contribution in [0.3, 0.4) is 0 Å². The molecular formula is C31H31N9O. The number of amides is 1. The van der Waals surface area contributed by atoms with E-state index >= 15 is 0 Å². The summed E-state index contributed by atoms with van der Waals surface area (Å²) < 4.78 is 3.82. The fourth-order valence-corrected chi connectivity index (χ4v) is 6.23. The average Bonchev–Trinajstić information content (AvgIpc) is 3.76. The zero-order valence-corrected chi connectivity index (χ0v) is 22.6. The molecule has 1 saturated heterocycles. The Morgan fingerprint density at radius 1 is 1.05 bits per heavy atom. The van der Waals surface area contributed by atoms with Gasteiger partial charge in [0.15, 0.2) is 17.3 Å². The van der Waals surface area contributed by atoms with E-state index in [4.69, 9.17) is 15.7 Å². The van der Waals surface area contributed by atoms with Crippen molar-refractivity contribution in [3.8, 4) is 22.9 Å². The summed E-state index contributed by atoms with van der Waals surface area (Å²) in [6, 6.07) is 16.9. The van der Waals surface area contributed by atoms with Crippen molar-refractivity contribution in [3.05, 3.63) is 90.9 Å². The van der Waals surface area contributed by atoms with Crippen LogP contribution in [0.15, 0.2) is 79.8 Å². The Labute approximate surface area is 237 Å². The van der Waals surface area contributed by atoms with E-state index in [0.29, 0.717) is 23.5 Å². The Bertz CT molecular complexity index is 1750. The van der Waals surface area contributed by atoms with Crippen LogP contribution in [0.1, 0.15) is 36.4 Å². The fraction of sp³-hybridized carbons (Fsp3) is 0.258. The molecule has 2 aliphatic rings. The lowest BCUT2D eigenvalue weighted by atomic mass is 10.00. The van der Waals surface area contributed by atoms with Gasteiger partial charge in [-0.3, -0.25) is 14.3 Å². The highest BCUT2D eigenvalue weighted by Gasteiger charge is 2.31. The van der Waals surface area contributed by atoms with Gasteiger partial charge in [-0.2, -0.15) is 5.10 Å². The number of piperidine rings is 1. The molecule has 4 aromatic heterocycles. The van der Waals surface area contributed by atoms with E-state index in [0.717, 1.165) is 61.2 Å². The molecule has 206 valence electrons. The van der Waals surface area contributed by atoms with Crippen LogP contribution in [0.5, 0.6) is 0 Å². The minimum Gasteiger partial charge on any atom is -0.383 e. The molecule has 1 atom stereocenters. The Balaban J connectivity index is 1.25. The predicted octanol–water partition coefficient (Wildman–Crippen LogP) is 4.00. The van der Waals surface area contributed by atoms with E-state index in [1.165, 1.54) is 17.2 Å². The molecule has 1 fully saturated rings. The van der Waals surface area contributed by atoms with E-state index in [-0.39, 0.29) is 11.9 Å². The topological polar surface area (TPSA) is 120 Å². The first kappa shape index (κ1) is 25.2. The number of anilines is 1. The lowest BCUT2D eigenvalue weighted by molar-refractivity contribution is -0.117. The van der Waals surface area contributed by atoms with Crippen molar-refractivity contribution in [2.24, 2.45) is 0 Å². The Hall–Kier alpha value is -4.83. The molecule has 0 bridgehead atoms. The third-order valence-corrected chi connectivity index (χ3v) is 8.24. The van der Waals surface area contributed by atoms with Crippen LogP contribution in [0, 0.1) is 0 Å². The number of fused-ring (bicyclic) bond motifs is 2. The molecule has 1 aliphatic heterocycles. The van der Waals surface area contributed by atoms with Crippen molar-refractivity contribution >= 4 is 22.9 Å². The number of pyridine rings is 2. The summed E-state index contributed by atoms with van der Waals surface area (Å²) >= 11 is 0. The van der Waals surface area contributed by atoms with Crippen molar-refractivity contribution in [1.29, 1.82) is 0 Å². The highest BCUT2D eigenvalue weighted by Crippen LogP contribution is 2.39. The molecular weight excluding hydrogens is 514 g/mol. The smallest absolute Gasteiger partial charge is 0.243 e. The van der Waals surface area contributed by atoms with E-state index in [2.05, 4.69) is 49.6 Å². The number of hydrogen-bond donors (Lipinski definition) is 2. The lowest BCUT2D eigenvalue weighted by Crippen LogP contribution is -2.45. The molecule has 7 rings (SSSR count). The molecule has 0 saturated carbocycles. The van der Waals surface area contributed by atoms with E-state index in [9.17, 15) is 4.79 Å². The standard InChI is InChI=1S/C31H31N9O/c1-2-28(41)35-21-12-17-38(18-13-21)26-10-6-20-19-22(7-8-23(20)26)40-30(24-5-3-14-33-29(24)32)36-25-9-11-27(37-31(25)40)39-16-4-15-34-39/h2-5,7-9,11,14-16,19,21,26H,1,6,10,12-13,17-18H2,(H2,32,33)(H,35,41). The maximum absolute atomic E-state index is 11.7. The number of likely N-dealkylation sites (tertiary alicyclic amines) is 1. The third-order valence-electron chi connectivity index (χ3n) is 8.24. The molecule has 1 aromatic carbocycles. The number of carbonyl (C=O) groups excluding carboxylic acids is 1. The first-order valence-electron chi connectivity index (χ1n) is 14.0. The van der Waals surface area contributed by atoms with Crippen molar-refractivity contribution in [1.82, 2.24) is 39.5 Å². The van der Waals surface area contributed by atoms with Crippen molar-refractivity contribution in [2.75, 3.05) is 18.8 Å². The van der Waals surface area contributed by atoms with Gasteiger partial charge in [0.05, 0.1) is 5.56 Å². The van der Waals surface area contributed by atoms with Gasteiger partial charge in [0.1, 0.15) is 11.3 Å². The maximum Gasteiger partial charge on any atom is 0.243 e. The van der Waals surface area contributed by atoms with Gasteiger partial charge in [-0.25, -0.2) is 19.6 Å². The van der Waals surface area contributed by atoms with Gasteiger partial charge >= 0.3 is 0 Å². The number of benzene rings is 1. The van der Waals surface area contributed by atoms with Crippen LogP contribution in [0.4, 0.5) is 5.82 Å². The summed E-state index contributed by atoms with van der Waals surface area (Å²) in [7, 11) is 0. The van der Waals surface area contributed by atoms with Crippen LogP contribution in [-0.4, -0.2) is 59.2 Å². The molecule has 1 unspecified atom stereocenters. The lowest BCUT2D eigenvalue weighted by Gasteiger charge is -2.36. The Morgan fingerprint density at radius 2 is 1.93 bits per heavy atom. The van der Waals surface area contributed by atoms with Gasteiger partial charge in [0.25, 0.3) is 0 Å². The third kappa shape index (κ3) is 4.55. The highest BCUT2D eigenvalue weighted by molar-refractivity contribution is 5.87. The predicted molar refractivity (Wildman–Crippen MR) is 158 cm³/mol. The summed E-state index contributed by atoms with van der Waals surface area (Å²) in [5.74, 6) is 1.75. The van der Waals surface area contributed by atoms with E-state index in [1.807, 2.05) is 36.5 Å². The first-order chi connectivity index (χ1) is 20.1. The second kappa shape index (κ2) is 10.3. The minimum atomic E-state index is -0.0899. The molecule has 0 radical (unpaired) electrons. The molecule has 10 nitrogen and oxygen atoms in total. The maximum atomic E-state index is 11.7. The monoisotopic (exact) mass is 545 g/mol. The molecule has 1 amide bonds. The van der Waals surface area contributed by atoms with Gasteiger partial charge in [0.2, 0.25) is 5.91 Å². The normalized spacial score (nSPS) is 17.5. The van der Waals surface area contributed by atoms with Gasteiger partial charge in [-0.05, 0) is 85.4 Å². The second-order valence-electron chi connectivity index (χ2n) is 10.6. The van der Waals surface area contributed by atoms with E-state index in [1.54, 1.807) is 17.1 Å². The number of aromatic nitrogens is 6. The summed E-state index contributed by atoms with van der Waals surface area (Å²) in [6.07, 6.45) is 10.6. The summed E-state index contributed by atoms with van der Waals surface area (Å²) in [6.45, 7) is 5.49. The number of nitrogens with one attached hydrogen (secondary N) is 1. The van der Waals surface area contributed by atoms with Crippen molar-refractivity contribution < 1.29 is 4.79 Å². The fourth-order valence-electron chi connectivity index (χ4n) is 6.23. The molecule has 5 aromatic rings. The SMILES string of the molecule is C=CC(=O)NC1CCN(C2CCc3cc(-n4c(-c5cccnc5N)nc5ccc(-n6cccn6)nc54)ccc32)CC1. The highest BCUT2D eigenvalue weighted by atomic mass is 16.1. The van der Waals surface area contributed by atoms with Crippen molar-refractivity contribution in [3.63, 3.8) is 0 Å². The number of carbonyl (C=O) groups is 1. The Morgan fingerprint density at radius 3 is 2.71 bits per heavy atom. The van der Waals surface area contributed by atoms with E-state index < -0.39 is 0 Å². The van der Waals surface area contributed by atoms with Crippen LogP contribution < -0.4 is 11.1 Å². The van der Waals surface area contributed by atoms with Crippen LogP contribution in [0.25, 0.3) is 34.1 Å². The van der Waals surface area contributed by atoms with Gasteiger partial charge in [-0.15, -0.1) is 0 Å². The zero-order valence-electron chi connectivity index (χ0n) is 22.6. The molecule has 5 heterocycles.